The van der Waals surface area contributed by atoms with E-state index in [1.807, 2.05) is 6.92 Å². The third-order valence-electron chi connectivity index (χ3n) is 2.31. The normalized spacial score (nSPS) is 10.1. The van der Waals surface area contributed by atoms with Crippen molar-refractivity contribution in [3.8, 4) is 0 Å². The SMILES string of the molecule is CCCC(=O)CCCCCCCC=O. The Balaban J connectivity index is 3.05. The molecule has 0 spiro atoms. The molecule has 0 aliphatic rings. The van der Waals surface area contributed by atoms with Gasteiger partial charge in [0, 0.05) is 19.3 Å². The number of aldehydes is 1. The Bertz CT molecular complexity index is 152. The number of hydrogen-bond acceptors (Lipinski definition) is 2. The van der Waals surface area contributed by atoms with Crippen LogP contribution in [0.25, 0.3) is 0 Å². The van der Waals surface area contributed by atoms with Gasteiger partial charge in [-0.3, -0.25) is 4.79 Å². The molecule has 0 N–H and O–H groups in total. The minimum absolute atomic E-state index is 0.403. The van der Waals surface area contributed by atoms with Crippen molar-refractivity contribution in [2.45, 2.75) is 64.7 Å². The van der Waals surface area contributed by atoms with Gasteiger partial charge in [0.05, 0.1) is 0 Å². The molecule has 0 saturated carbocycles. The molecule has 82 valence electrons. The van der Waals surface area contributed by atoms with Crippen molar-refractivity contribution in [3.05, 3.63) is 0 Å². The second kappa shape index (κ2) is 10.4. The highest BCUT2D eigenvalue weighted by Crippen LogP contribution is 2.08. The summed E-state index contributed by atoms with van der Waals surface area (Å²) in [5, 5.41) is 0. The van der Waals surface area contributed by atoms with E-state index in [1.54, 1.807) is 0 Å². The first-order chi connectivity index (χ1) is 6.81. The Hall–Kier alpha value is -0.660. The van der Waals surface area contributed by atoms with Gasteiger partial charge in [-0.25, -0.2) is 0 Å². The summed E-state index contributed by atoms with van der Waals surface area (Å²) in [7, 11) is 0. The molecule has 0 atom stereocenters. The van der Waals surface area contributed by atoms with Crippen LogP contribution in [0.3, 0.4) is 0 Å². The van der Waals surface area contributed by atoms with Crippen LogP contribution < -0.4 is 0 Å². The molecule has 0 aromatic carbocycles. The van der Waals surface area contributed by atoms with Gasteiger partial charge in [-0.2, -0.15) is 0 Å². The Morgan fingerprint density at radius 1 is 1.00 bits per heavy atom. The van der Waals surface area contributed by atoms with E-state index in [2.05, 4.69) is 0 Å². The number of ketones is 1. The molecule has 2 nitrogen and oxygen atoms in total. The molecule has 0 aliphatic carbocycles. The van der Waals surface area contributed by atoms with Crippen LogP contribution in [-0.2, 0) is 9.59 Å². The van der Waals surface area contributed by atoms with Crippen molar-refractivity contribution in [2.75, 3.05) is 0 Å². The van der Waals surface area contributed by atoms with Crippen LogP contribution >= 0.6 is 0 Å². The molecule has 0 fully saturated rings. The summed E-state index contributed by atoms with van der Waals surface area (Å²) in [4.78, 5) is 21.1. The number of rotatable bonds is 10. The molecule has 14 heavy (non-hydrogen) atoms. The summed E-state index contributed by atoms with van der Waals surface area (Å²) in [6.07, 6.45) is 9.58. The maximum atomic E-state index is 11.1. The summed E-state index contributed by atoms with van der Waals surface area (Å²) < 4.78 is 0. The van der Waals surface area contributed by atoms with Crippen molar-refractivity contribution < 1.29 is 9.59 Å². The fourth-order valence-electron chi connectivity index (χ4n) is 1.48. The van der Waals surface area contributed by atoms with Gasteiger partial charge < -0.3 is 4.79 Å². The zero-order valence-corrected chi connectivity index (χ0v) is 9.26. The monoisotopic (exact) mass is 198 g/mol. The molecule has 0 bridgehead atoms. The van der Waals surface area contributed by atoms with Gasteiger partial charge in [0.1, 0.15) is 12.1 Å². The zero-order chi connectivity index (χ0) is 10.6. The van der Waals surface area contributed by atoms with E-state index < -0.39 is 0 Å². The second-order valence-corrected chi connectivity index (χ2v) is 3.76. The first-order valence-corrected chi connectivity index (χ1v) is 5.76. The van der Waals surface area contributed by atoms with Crippen LogP contribution in [0.1, 0.15) is 64.7 Å². The van der Waals surface area contributed by atoms with Crippen LogP contribution in [0.2, 0.25) is 0 Å². The molecule has 0 aliphatic heterocycles. The molecule has 0 radical (unpaired) electrons. The van der Waals surface area contributed by atoms with Crippen LogP contribution in [0, 0.1) is 0 Å². The fourth-order valence-corrected chi connectivity index (χ4v) is 1.48. The molecular formula is C12H22O2. The highest BCUT2D eigenvalue weighted by atomic mass is 16.1. The first-order valence-electron chi connectivity index (χ1n) is 5.76. The lowest BCUT2D eigenvalue weighted by atomic mass is 10.1. The van der Waals surface area contributed by atoms with E-state index in [4.69, 9.17) is 0 Å². The van der Waals surface area contributed by atoms with Crippen LogP contribution in [0.4, 0.5) is 0 Å². The minimum atomic E-state index is 0.403. The van der Waals surface area contributed by atoms with Gasteiger partial charge in [0.2, 0.25) is 0 Å². The Labute approximate surface area is 87.1 Å². The average Bonchev–Trinajstić information content (AvgIpc) is 2.17. The Kier molecular flexibility index (Phi) is 9.93. The quantitative estimate of drug-likeness (QED) is 0.399. The summed E-state index contributed by atoms with van der Waals surface area (Å²) in [5.74, 6) is 0.403. The second-order valence-electron chi connectivity index (χ2n) is 3.76. The lowest BCUT2D eigenvalue weighted by Crippen LogP contribution is -1.96. The molecular weight excluding hydrogens is 176 g/mol. The third kappa shape index (κ3) is 9.43. The van der Waals surface area contributed by atoms with Crippen LogP contribution in [0.5, 0.6) is 0 Å². The van der Waals surface area contributed by atoms with E-state index in [1.165, 1.54) is 0 Å². The molecule has 0 heterocycles. The van der Waals surface area contributed by atoms with Crippen molar-refractivity contribution in [1.82, 2.24) is 0 Å². The molecule has 0 saturated heterocycles. The van der Waals surface area contributed by atoms with Crippen LogP contribution in [-0.4, -0.2) is 12.1 Å². The molecule has 2 heteroatoms. The maximum Gasteiger partial charge on any atom is 0.132 e. The summed E-state index contributed by atoms with van der Waals surface area (Å²) in [6, 6.07) is 0. The van der Waals surface area contributed by atoms with E-state index in [0.717, 1.165) is 57.7 Å². The first kappa shape index (κ1) is 13.3. The number of Topliss-reactive ketones (excluding diaryl/α,β-unsaturated/α-hetero) is 1. The lowest BCUT2D eigenvalue weighted by molar-refractivity contribution is -0.119. The van der Waals surface area contributed by atoms with Gasteiger partial charge in [0.15, 0.2) is 0 Å². The van der Waals surface area contributed by atoms with Gasteiger partial charge >= 0.3 is 0 Å². The smallest absolute Gasteiger partial charge is 0.132 e. The Morgan fingerprint density at radius 2 is 1.64 bits per heavy atom. The van der Waals surface area contributed by atoms with Crippen molar-refractivity contribution >= 4 is 12.1 Å². The summed E-state index contributed by atoms with van der Waals surface area (Å²) in [6.45, 7) is 2.04. The van der Waals surface area contributed by atoms with Gasteiger partial charge in [-0.05, 0) is 19.3 Å². The van der Waals surface area contributed by atoms with Gasteiger partial charge in [-0.1, -0.05) is 26.2 Å². The van der Waals surface area contributed by atoms with Crippen molar-refractivity contribution in [2.24, 2.45) is 0 Å². The number of unbranched alkanes of at least 4 members (excludes halogenated alkanes) is 5. The fraction of sp³-hybridized carbons (Fsp3) is 0.833. The van der Waals surface area contributed by atoms with Gasteiger partial charge in [-0.15, -0.1) is 0 Å². The highest BCUT2D eigenvalue weighted by molar-refractivity contribution is 5.78. The highest BCUT2D eigenvalue weighted by Gasteiger charge is 1.99. The molecule has 0 aromatic heterocycles. The minimum Gasteiger partial charge on any atom is -0.303 e. The van der Waals surface area contributed by atoms with E-state index in [0.29, 0.717) is 12.2 Å². The predicted molar refractivity (Wildman–Crippen MR) is 58.3 cm³/mol. The standard InChI is InChI=1S/C12H22O2/c1-2-9-12(14)10-7-5-3-4-6-8-11-13/h11H,2-10H2,1H3. The van der Waals surface area contributed by atoms with E-state index >= 15 is 0 Å². The maximum absolute atomic E-state index is 11.1. The van der Waals surface area contributed by atoms with Crippen molar-refractivity contribution in [3.63, 3.8) is 0 Å². The number of hydrogen-bond donors (Lipinski definition) is 0. The number of carbonyl (C=O) groups excluding carboxylic acids is 2. The predicted octanol–water partition coefficient (Wildman–Crippen LogP) is 3.29. The molecule has 0 unspecified atom stereocenters. The zero-order valence-electron chi connectivity index (χ0n) is 9.26. The lowest BCUT2D eigenvalue weighted by Gasteiger charge is -1.99. The van der Waals surface area contributed by atoms with Gasteiger partial charge in [0.25, 0.3) is 0 Å². The average molecular weight is 198 g/mol. The third-order valence-corrected chi connectivity index (χ3v) is 2.31. The topological polar surface area (TPSA) is 34.1 Å². The summed E-state index contributed by atoms with van der Waals surface area (Å²) in [5.41, 5.74) is 0. The molecule has 0 rings (SSSR count). The Morgan fingerprint density at radius 3 is 2.29 bits per heavy atom. The molecule has 0 aromatic rings. The van der Waals surface area contributed by atoms with E-state index in [9.17, 15) is 9.59 Å². The number of carbonyl (C=O) groups is 2. The van der Waals surface area contributed by atoms with E-state index in [-0.39, 0.29) is 0 Å². The van der Waals surface area contributed by atoms with Crippen molar-refractivity contribution in [1.29, 1.82) is 0 Å². The summed E-state index contributed by atoms with van der Waals surface area (Å²) >= 11 is 0. The van der Waals surface area contributed by atoms with Crippen LogP contribution in [0.15, 0.2) is 0 Å². The molecule has 0 amide bonds. The largest absolute Gasteiger partial charge is 0.303 e.